The van der Waals surface area contributed by atoms with Crippen LogP contribution in [0.5, 0.6) is 11.5 Å². The Balaban J connectivity index is 1.95. The monoisotopic (exact) mass is 315 g/mol. The highest BCUT2D eigenvalue weighted by Crippen LogP contribution is 2.28. The molecule has 0 saturated heterocycles. The Kier molecular flexibility index (Phi) is 5.85. The van der Waals surface area contributed by atoms with E-state index in [0.717, 1.165) is 5.75 Å². The van der Waals surface area contributed by atoms with Gasteiger partial charge in [-0.2, -0.15) is 5.10 Å². The van der Waals surface area contributed by atoms with Gasteiger partial charge in [-0.15, -0.1) is 5.10 Å². The van der Waals surface area contributed by atoms with E-state index in [-0.39, 0.29) is 5.75 Å². The number of phenols is 1. The van der Waals surface area contributed by atoms with Gasteiger partial charge in [0, 0.05) is 11.3 Å². The van der Waals surface area contributed by atoms with Gasteiger partial charge in [0.15, 0.2) is 16.7 Å². The zero-order chi connectivity index (χ0) is 15.8. The lowest BCUT2D eigenvalue weighted by atomic mass is 10.2. The van der Waals surface area contributed by atoms with Gasteiger partial charge in [0.1, 0.15) is 0 Å². The van der Waals surface area contributed by atoms with Crippen LogP contribution in [0, 0.1) is 0 Å². The minimum Gasteiger partial charge on any atom is -0.504 e. The van der Waals surface area contributed by atoms with Crippen molar-refractivity contribution in [2.75, 3.05) is 7.11 Å². The maximum Gasteiger partial charge on any atom is 0.180 e. The first-order valence-electron chi connectivity index (χ1n) is 6.60. The fourth-order valence-electron chi connectivity index (χ4n) is 1.72. The van der Waals surface area contributed by atoms with Crippen molar-refractivity contribution >= 4 is 23.1 Å². The first kappa shape index (κ1) is 15.9. The molecule has 0 amide bonds. The number of nitrogens with two attached hydrogens (primary N) is 1. The largest absolute Gasteiger partial charge is 0.504 e. The van der Waals surface area contributed by atoms with E-state index in [4.69, 9.17) is 10.5 Å². The van der Waals surface area contributed by atoms with Gasteiger partial charge >= 0.3 is 0 Å². The molecule has 0 atom stereocenters. The lowest BCUT2D eigenvalue weighted by Gasteiger charge is -2.04. The zero-order valence-corrected chi connectivity index (χ0v) is 13.0. The molecule has 0 aliphatic heterocycles. The van der Waals surface area contributed by atoms with E-state index in [1.807, 2.05) is 30.3 Å². The van der Waals surface area contributed by atoms with Crippen molar-refractivity contribution in [3.8, 4) is 11.5 Å². The second-order valence-electron chi connectivity index (χ2n) is 4.36. The van der Waals surface area contributed by atoms with Gasteiger partial charge in [-0.05, 0) is 17.7 Å². The number of ether oxygens (including phenoxy) is 1. The van der Waals surface area contributed by atoms with Crippen molar-refractivity contribution in [1.29, 1.82) is 0 Å². The molecular formula is C16H17N3O2S. The van der Waals surface area contributed by atoms with Crippen LogP contribution in [0.2, 0.25) is 0 Å². The second kappa shape index (κ2) is 8.09. The number of para-hydroxylation sites is 1. The maximum absolute atomic E-state index is 9.90. The molecule has 0 bridgehead atoms. The summed E-state index contributed by atoms with van der Waals surface area (Å²) in [5, 5.41) is 18.1. The summed E-state index contributed by atoms with van der Waals surface area (Å²) in [5.74, 6) is 1.15. The molecule has 0 heterocycles. The predicted molar refractivity (Wildman–Crippen MR) is 91.6 cm³/mol. The minimum atomic E-state index is 0.0273. The van der Waals surface area contributed by atoms with Crippen LogP contribution < -0.4 is 10.5 Å². The predicted octanol–water partition coefficient (Wildman–Crippen LogP) is 2.98. The van der Waals surface area contributed by atoms with Crippen molar-refractivity contribution < 1.29 is 9.84 Å². The Morgan fingerprint density at radius 3 is 2.73 bits per heavy atom. The third-order valence-electron chi connectivity index (χ3n) is 2.83. The molecule has 0 radical (unpaired) electrons. The quantitative estimate of drug-likeness (QED) is 0.505. The smallest absolute Gasteiger partial charge is 0.180 e. The Hall–Kier alpha value is -2.47. The van der Waals surface area contributed by atoms with Crippen LogP contribution in [-0.4, -0.2) is 23.6 Å². The summed E-state index contributed by atoms with van der Waals surface area (Å²) < 4.78 is 5.02. The van der Waals surface area contributed by atoms with E-state index in [2.05, 4.69) is 10.2 Å². The molecule has 2 aromatic carbocycles. The van der Waals surface area contributed by atoms with Crippen molar-refractivity contribution in [1.82, 2.24) is 0 Å². The summed E-state index contributed by atoms with van der Waals surface area (Å²) in [6.07, 6.45) is 1.44. The molecule has 0 spiro atoms. The fraction of sp³-hybridized carbons (Fsp3) is 0.125. The van der Waals surface area contributed by atoms with Crippen LogP contribution in [0.1, 0.15) is 11.1 Å². The SMILES string of the molecule is COc1cccc(C=NN=C(N)SCc2ccccc2)c1O. The lowest BCUT2D eigenvalue weighted by molar-refractivity contribution is 0.373. The number of nitrogens with zero attached hydrogens (tertiary/aromatic N) is 2. The molecule has 0 saturated carbocycles. The van der Waals surface area contributed by atoms with Crippen molar-refractivity contribution in [3.05, 3.63) is 59.7 Å². The molecule has 2 aromatic rings. The topological polar surface area (TPSA) is 80.2 Å². The first-order chi connectivity index (χ1) is 10.7. The molecule has 0 aromatic heterocycles. The van der Waals surface area contributed by atoms with Crippen molar-refractivity contribution in [2.24, 2.45) is 15.9 Å². The molecule has 0 aliphatic rings. The molecule has 6 heteroatoms. The van der Waals surface area contributed by atoms with Crippen LogP contribution in [-0.2, 0) is 5.75 Å². The highest BCUT2D eigenvalue weighted by atomic mass is 32.2. The Morgan fingerprint density at radius 1 is 1.23 bits per heavy atom. The molecule has 0 aliphatic carbocycles. The third-order valence-corrected chi connectivity index (χ3v) is 3.69. The lowest BCUT2D eigenvalue weighted by Crippen LogP contribution is -2.06. The normalized spacial score (nSPS) is 11.8. The molecule has 2 rings (SSSR count). The number of phenolic OH excluding ortho intramolecular Hbond substituents is 1. The fourth-order valence-corrected chi connectivity index (χ4v) is 2.33. The molecule has 3 N–H and O–H groups in total. The van der Waals surface area contributed by atoms with Gasteiger partial charge in [0.25, 0.3) is 0 Å². The van der Waals surface area contributed by atoms with Crippen LogP contribution in [0.25, 0.3) is 0 Å². The minimum absolute atomic E-state index is 0.0273. The van der Waals surface area contributed by atoms with Crippen molar-refractivity contribution in [2.45, 2.75) is 5.75 Å². The molecule has 114 valence electrons. The van der Waals surface area contributed by atoms with Gasteiger partial charge in [0.2, 0.25) is 0 Å². The maximum atomic E-state index is 9.90. The number of rotatable bonds is 5. The van der Waals surface area contributed by atoms with E-state index in [1.54, 1.807) is 18.2 Å². The van der Waals surface area contributed by atoms with Gasteiger partial charge < -0.3 is 15.6 Å². The number of thioether (sulfide) groups is 1. The molecule has 0 fully saturated rings. The highest BCUT2D eigenvalue weighted by molar-refractivity contribution is 8.13. The van der Waals surface area contributed by atoms with Gasteiger partial charge in [-0.1, -0.05) is 48.2 Å². The van der Waals surface area contributed by atoms with Gasteiger partial charge in [0.05, 0.1) is 13.3 Å². The second-order valence-corrected chi connectivity index (χ2v) is 5.35. The first-order valence-corrected chi connectivity index (χ1v) is 7.58. The highest BCUT2D eigenvalue weighted by Gasteiger charge is 2.04. The Bertz CT molecular complexity index is 672. The Morgan fingerprint density at radius 2 is 2.00 bits per heavy atom. The van der Waals surface area contributed by atoms with Gasteiger partial charge in [-0.3, -0.25) is 0 Å². The van der Waals surface area contributed by atoms with Crippen LogP contribution in [0.3, 0.4) is 0 Å². The molecule has 5 nitrogen and oxygen atoms in total. The molecule has 0 unspecified atom stereocenters. The number of methoxy groups -OCH3 is 1. The number of benzene rings is 2. The van der Waals surface area contributed by atoms with Crippen LogP contribution >= 0.6 is 11.8 Å². The third kappa shape index (κ3) is 4.53. The molecule has 22 heavy (non-hydrogen) atoms. The summed E-state index contributed by atoms with van der Waals surface area (Å²) in [6.45, 7) is 0. The van der Waals surface area contributed by atoms with Crippen molar-refractivity contribution in [3.63, 3.8) is 0 Å². The number of aromatic hydroxyl groups is 1. The Labute approximate surface area is 133 Å². The van der Waals surface area contributed by atoms with Crippen LogP contribution in [0.15, 0.2) is 58.7 Å². The summed E-state index contributed by atoms with van der Waals surface area (Å²) in [7, 11) is 1.49. The van der Waals surface area contributed by atoms with E-state index < -0.39 is 0 Å². The van der Waals surface area contributed by atoms with Crippen LogP contribution in [0.4, 0.5) is 0 Å². The molecular weight excluding hydrogens is 298 g/mol. The number of hydrogen-bond donors (Lipinski definition) is 2. The van der Waals surface area contributed by atoms with E-state index >= 15 is 0 Å². The van der Waals surface area contributed by atoms with E-state index in [1.165, 1.54) is 30.6 Å². The standard InChI is InChI=1S/C16H17N3O2S/c1-21-14-9-5-8-13(15(14)20)10-18-19-16(17)22-11-12-6-3-2-4-7-12/h2-10,20H,11H2,1H3,(H2,17,19). The van der Waals surface area contributed by atoms with E-state index in [9.17, 15) is 5.11 Å². The number of hydrogen-bond acceptors (Lipinski definition) is 5. The summed E-state index contributed by atoms with van der Waals surface area (Å²) in [6, 6.07) is 15.1. The summed E-state index contributed by atoms with van der Waals surface area (Å²) in [5.41, 5.74) is 7.48. The average molecular weight is 315 g/mol. The zero-order valence-electron chi connectivity index (χ0n) is 12.1. The van der Waals surface area contributed by atoms with Gasteiger partial charge in [-0.25, -0.2) is 0 Å². The number of amidine groups is 1. The summed E-state index contributed by atoms with van der Waals surface area (Å²) >= 11 is 1.40. The van der Waals surface area contributed by atoms with E-state index in [0.29, 0.717) is 16.5 Å². The average Bonchev–Trinajstić information content (AvgIpc) is 2.55. The summed E-state index contributed by atoms with van der Waals surface area (Å²) in [4.78, 5) is 0.